The highest BCUT2D eigenvalue weighted by Crippen LogP contribution is 2.27. The summed E-state index contributed by atoms with van der Waals surface area (Å²) >= 11 is 1.54. The fourth-order valence-electron chi connectivity index (χ4n) is 2.77. The minimum atomic E-state index is -3.43. The van der Waals surface area contributed by atoms with Crippen molar-refractivity contribution >= 4 is 32.4 Å². The Morgan fingerprint density at radius 2 is 2.04 bits per heavy atom. The summed E-state index contributed by atoms with van der Waals surface area (Å²) in [6.07, 6.45) is 1.78. The molecule has 0 spiro atoms. The second kappa shape index (κ2) is 7.83. The summed E-state index contributed by atoms with van der Waals surface area (Å²) in [6, 6.07) is 6.56. The molecule has 7 nitrogen and oxygen atoms in total. The van der Waals surface area contributed by atoms with Crippen LogP contribution in [0.5, 0.6) is 0 Å². The number of sulfonamides is 1. The molecular formula is C17H22N4O3S2. The van der Waals surface area contributed by atoms with E-state index in [4.69, 9.17) is 0 Å². The lowest BCUT2D eigenvalue weighted by molar-refractivity contribution is -0.116. The van der Waals surface area contributed by atoms with Crippen molar-refractivity contribution < 1.29 is 13.2 Å². The van der Waals surface area contributed by atoms with Crippen molar-refractivity contribution in [2.75, 3.05) is 26.0 Å². The van der Waals surface area contributed by atoms with Gasteiger partial charge in [0, 0.05) is 30.8 Å². The van der Waals surface area contributed by atoms with Gasteiger partial charge in [-0.25, -0.2) is 18.1 Å². The number of amides is 1. The van der Waals surface area contributed by atoms with E-state index in [-0.39, 0.29) is 10.8 Å². The highest BCUT2D eigenvalue weighted by molar-refractivity contribution is 7.89. The maximum atomic E-state index is 12.2. The summed E-state index contributed by atoms with van der Waals surface area (Å²) in [5, 5.41) is 3.53. The van der Waals surface area contributed by atoms with Crippen molar-refractivity contribution in [3.63, 3.8) is 0 Å². The van der Waals surface area contributed by atoms with Gasteiger partial charge in [-0.2, -0.15) is 0 Å². The van der Waals surface area contributed by atoms with Gasteiger partial charge in [0.25, 0.3) is 0 Å². The lowest BCUT2D eigenvalue weighted by atomic mass is 10.1. The van der Waals surface area contributed by atoms with Crippen molar-refractivity contribution in [2.24, 2.45) is 0 Å². The molecule has 0 bridgehead atoms. The molecule has 3 rings (SSSR count). The van der Waals surface area contributed by atoms with Crippen molar-refractivity contribution in [1.82, 2.24) is 14.6 Å². The standard InChI is InChI=1S/C17H22N4O3S2/c1-18-26(23,24)13-6-3-12(4-7-13)5-8-16(22)20-17-19-14-9-10-21(2)11-15(14)25-17/h3-4,6-7,18H,5,8-11H2,1-2H3,(H,19,20,22). The first-order valence-electron chi connectivity index (χ1n) is 8.37. The Hall–Kier alpha value is -1.81. The minimum Gasteiger partial charge on any atom is -0.302 e. The van der Waals surface area contributed by atoms with Crippen LogP contribution in [0.2, 0.25) is 0 Å². The SMILES string of the molecule is CNS(=O)(=O)c1ccc(CCC(=O)Nc2nc3c(s2)CN(C)CC3)cc1. The van der Waals surface area contributed by atoms with E-state index in [9.17, 15) is 13.2 Å². The molecule has 0 saturated carbocycles. The molecule has 0 aliphatic carbocycles. The van der Waals surface area contributed by atoms with Crippen LogP contribution < -0.4 is 10.0 Å². The normalized spacial score (nSPS) is 14.8. The summed E-state index contributed by atoms with van der Waals surface area (Å²) in [5.74, 6) is -0.0867. The van der Waals surface area contributed by atoms with E-state index in [1.54, 1.807) is 24.3 Å². The van der Waals surface area contributed by atoms with Gasteiger partial charge < -0.3 is 10.2 Å². The van der Waals surface area contributed by atoms with E-state index in [0.717, 1.165) is 30.8 Å². The molecule has 2 aromatic rings. The highest BCUT2D eigenvalue weighted by atomic mass is 32.2. The number of carbonyl (C=O) groups is 1. The molecule has 1 aromatic heterocycles. The average Bonchev–Trinajstić information content (AvgIpc) is 3.01. The fourth-order valence-corrected chi connectivity index (χ4v) is 4.60. The number of aryl methyl sites for hydroxylation is 1. The van der Waals surface area contributed by atoms with Crippen LogP contribution in [0.15, 0.2) is 29.2 Å². The van der Waals surface area contributed by atoms with E-state index in [1.165, 1.54) is 23.3 Å². The van der Waals surface area contributed by atoms with Gasteiger partial charge in [0.05, 0.1) is 10.6 Å². The average molecular weight is 395 g/mol. The van der Waals surface area contributed by atoms with Gasteiger partial charge in [0.1, 0.15) is 0 Å². The van der Waals surface area contributed by atoms with Gasteiger partial charge in [-0.15, -0.1) is 11.3 Å². The third-order valence-electron chi connectivity index (χ3n) is 4.31. The van der Waals surface area contributed by atoms with E-state index < -0.39 is 10.0 Å². The van der Waals surface area contributed by atoms with Gasteiger partial charge in [0.15, 0.2) is 5.13 Å². The fraction of sp³-hybridized carbons (Fsp3) is 0.412. The predicted octanol–water partition coefficient (Wildman–Crippen LogP) is 1.61. The number of anilines is 1. The summed E-state index contributed by atoms with van der Waals surface area (Å²) in [6.45, 7) is 1.87. The molecule has 1 aromatic carbocycles. The molecule has 0 atom stereocenters. The Balaban J connectivity index is 1.54. The number of likely N-dealkylation sites (N-methyl/N-ethyl adjacent to an activating group) is 1. The Morgan fingerprint density at radius 1 is 1.31 bits per heavy atom. The molecule has 1 amide bonds. The van der Waals surface area contributed by atoms with Crippen LogP contribution >= 0.6 is 11.3 Å². The number of carbonyl (C=O) groups excluding carboxylic acids is 1. The summed E-state index contributed by atoms with van der Waals surface area (Å²) in [5.41, 5.74) is 2.00. The Bertz CT molecular complexity index is 891. The smallest absolute Gasteiger partial charge is 0.240 e. The Morgan fingerprint density at radius 3 is 2.73 bits per heavy atom. The number of hydrogen-bond donors (Lipinski definition) is 2. The maximum absolute atomic E-state index is 12.2. The zero-order valence-corrected chi connectivity index (χ0v) is 16.4. The number of nitrogens with zero attached hydrogens (tertiary/aromatic N) is 2. The first kappa shape index (κ1) is 19.0. The second-order valence-corrected chi connectivity index (χ2v) is 9.25. The van der Waals surface area contributed by atoms with Crippen molar-refractivity contribution in [2.45, 2.75) is 30.7 Å². The lowest BCUT2D eigenvalue weighted by Gasteiger charge is -2.20. The molecule has 9 heteroatoms. The van der Waals surface area contributed by atoms with Crippen molar-refractivity contribution in [3.8, 4) is 0 Å². The molecule has 0 unspecified atom stereocenters. The molecule has 1 aliphatic heterocycles. The molecule has 0 saturated heterocycles. The number of fused-ring (bicyclic) bond motifs is 1. The number of benzene rings is 1. The third kappa shape index (κ3) is 4.47. The van der Waals surface area contributed by atoms with Crippen LogP contribution in [0.4, 0.5) is 5.13 Å². The van der Waals surface area contributed by atoms with Crippen LogP contribution in [-0.4, -0.2) is 44.8 Å². The van der Waals surface area contributed by atoms with Gasteiger partial charge >= 0.3 is 0 Å². The number of aromatic nitrogens is 1. The van der Waals surface area contributed by atoms with Crippen molar-refractivity contribution in [3.05, 3.63) is 40.4 Å². The van der Waals surface area contributed by atoms with Gasteiger partial charge in [0.2, 0.25) is 15.9 Å². The van der Waals surface area contributed by atoms with Crippen LogP contribution in [-0.2, 0) is 34.2 Å². The zero-order chi connectivity index (χ0) is 18.7. The molecule has 140 valence electrons. The van der Waals surface area contributed by atoms with Crippen LogP contribution in [0.1, 0.15) is 22.6 Å². The van der Waals surface area contributed by atoms with E-state index in [0.29, 0.717) is 18.0 Å². The monoisotopic (exact) mass is 394 g/mol. The topological polar surface area (TPSA) is 91.4 Å². The summed E-state index contributed by atoms with van der Waals surface area (Å²) in [7, 11) is 0.0222. The number of nitrogens with one attached hydrogen (secondary N) is 2. The maximum Gasteiger partial charge on any atom is 0.240 e. The van der Waals surface area contributed by atoms with Crippen LogP contribution in [0.25, 0.3) is 0 Å². The first-order chi connectivity index (χ1) is 12.4. The van der Waals surface area contributed by atoms with Gasteiger partial charge in [-0.1, -0.05) is 12.1 Å². The Labute approximate surface area is 157 Å². The minimum absolute atomic E-state index is 0.0867. The molecule has 0 fully saturated rings. The van der Waals surface area contributed by atoms with E-state index >= 15 is 0 Å². The molecule has 0 radical (unpaired) electrons. The number of thiazole rings is 1. The van der Waals surface area contributed by atoms with Gasteiger partial charge in [-0.3, -0.25) is 4.79 Å². The summed E-state index contributed by atoms with van der Waals surface area (Å²) in [4.78, 5) is 20.4. The van der Waals surface area contributed by atoms with E-state index in [1.807, 2.05) is 0 Å². The second-order valence-electron chi connectivity index (χ2n) is 6.28. The molecule has 2 heterocycles. The molecule has 1 aliphatic rings. The number of rotatable bonds is 6. The largest absolute Gasteiger partial charge is 0.302 e. The highest BCUT2D eigenvalue weighted by Gasteiger charge is 2.19. The summed E-state index contributed by atoms with van der Waals surface area (Å²) < 4.78 is 25.7. The molecular weight excluding hydrogens is 372 g/mol. The Kier molecular flexibility index (Phi) is 5.71. The third-order valence-corrected chi connectivity index (χ3v) is 6.74. The number of hydrogen-bond acceptors (Lipinski definition) is 6. The van der Waals surface area contributed by atoms with Crippen molar-refractivity contribution in [1.29, 1.82) is 0 Å². The van der Waals surface area contributed by atoms with E-state index in [2.05, 4.69) is 27.0 Å². The first-order valence-corrected chi connectivity index (χ1v) is 10.7. The molecule has 26 heavy (non-hydrogen) atoms. The lowest BCUT2D eigenvalue weighted by Crippen LogP contribution is -2.25. The quantitative estimate of drug-likeness (QED) is 0.777. The molecule has 2 N–H and O–H groups in total. The van der Waals surface area contributed by atoms with Crippen LogP contribution in [0.3, 0.4) is 0 Å². The zero-order valence-electron chi connectivity index (χ0n) is 14.8. The van der Waals surface area contributed by atoms with Crippen LogP contribution in [0, 0.1) is 0 Å². The predicted molar refractivity (Wildman–Crippen MR) is 102 cm³/mol. The van der Waals surface area contributed by atoms with Gasteiger partial charge in [-0.05, 0) is 38.2 Å².